The Balaban J connectivity index is 1.15. The Kier molecular flexibility index (Phi) is 6.64. The summed E-state index contributed by atoms with van der Waals surface area (Å²) < 4.78 is 50.3. The summed E-state index contributed by atoms with van der Waals surface area (Å²) in [7, 11) is 0. The molecular weight excluding hydrogens is 567 g/mol. The van der Waals surface area contributed by atoms with Gasteiger partial charge in [-0.05, 0) is 60.2 Å². The van der Waals surface area contributed by atoms with Gasteiger partial charge in [0.05, 0.1) is 6.61 Å². The van der Waals surface area contributed by atoms with Crippen LogP contribution in [0.1, 0.15) is 38.5 Å². The number of fused-ring (bicyclic) bond motifs is 4. The monoisotopic (exact) mass is 603 g/mol. The third-order valence-corrected chi connectivity index (χ3v) is 10.0. The molecule has 3 saturated heterocycles. The lowest BCUT2D eigenvalue weighted by Gasteiger charge is -2.35. The Hall–Kier alpha value is -3.63. The molecule has 2 bridgehead atoms. The first-order valence-electron chi connectivity index (χ1n) is 15.7. The first kappa shape index (κ1) is 27.9. The molecule has 230 valence electrons. The zero-order chi connectivity index (χ0) is 30.1. The summed E-state index contributed by atoms with van der Waals surface area (Å²) in [6.45, 7) is 3.37. The van der Waals surface area contributed by atoms with E-state index in [9.17, 15) is 13.9 Å². The van der Waals surface area contributed by atoms with E-state index >= 15 is 4.39 Å². The molecular formula is C34H36F3N5O2. The van der Waals surface area contributed by atoms with Gasteiger partial charge in [-0.25, -0.2) is 13.2 Å². The third-order valence-electron chi connectivity index (χ3n) is 10.0. The van der Waals surface area contributed by atoms with Crippen LogP contribution >= 0.6 is 0 Å². The average Bonchev–Trinajstić information content (AvgIpc) is 3.70. The lowest BCUT2D eigenvalue weighted by atomic mass is 9.96. The van der Waals surface area contributed by atoms with Crippen LogP contribution in [0, 0.1) is 11.2 Å². The standard InChI is InChI=1S/C34H36F3N5O2/c35-29-26(28-16-24(43)15-21-3-1-2-4-25(21)28)7-8-27-30(29)39-32(40-31(27)42-17-22-5-6-23(18-42)38-22)44-20-33(9-10-33)19-41-13-11-34(36,37)12-14-41/h1-4,7-8,15-16,22-23,38,43H,5-6,9-14,17-20H2. The van der Waals surface area contributed by atoms with Gasteiger partial charge in [-0.2, -0.15) is 9.97 Å². The van der Waals surface area contributed by atoms with Gasteiger partial charge in [-0.15, -0.1) is 0 Å². The van der Waals surface area contributed by atoms with Gasteiger partial charge < -0.3 is 25.0 Å². The molecule has 2 N–H and O–H groups in total. The van der Waals surface area contributed by atoms with Crippen molar-refractivity contribution in [1.82, 2.24) is 20.2 Å². The number of anilines is 1. The number of alkyl halides is 2. The fourth-order valence-electron chi connectivity index (χ4n) is 7.38. The van der Waals surface area contributed by atoms with Crippen LogP contribution in [-0.4, -0.2) is 77.3 Å². The highest BCUT2D eigenvalue weighted by Gasteiger charge is 2.46. The van der Waals surface area contributed by atoms with E-state index in [0.717, 1.165) is 49.5 Å². The number of ether oxygens (including phenoxy) is 1. The van der Waals surface area contributed by atoms with E-state index in [4.69, 9.17) is 9.72 Å². The molecule has 7 nitrogen and oxygen atoms in total. The Morgan fingerprint density at radius 1 is 0.909 bits per heavy atom. The maximum atomic E-state index is 16.6. The van der Waals surface area contributed by atoms with Crippen LogP contribution in [0.2, 0.25) is 0 Å². The smallest absolute Gasteiger partial charge is 0.319 e. The molecule has 3 aliphatic heterocycles. The maximum Gasteiger partial charge on any atom is 0.319 e. The Labute approximate surface area is 254 Å². The second kappa shape index (κ2) is 10.5. The van der Waals surface area contributed by atoms with Crippen molar-refractivity contribution < 1.29 is 23.0 Å². The number of nitrogens with one attached hydrogen (secondary N) is 1. The first-order chi connectivity index (χ1) is 21.2. The molecule has 1 aromatic heterocycles. The summed E-state index contributed by atoms with van der Waals surface area (Å²) >= 11 is 0. The van der Waals surface area contributed by atoms with Crippen molar-refractivity contribution in [3.05, 3.63) is 54.3 Å². The van der Waals surface area contributed by atoms with Crippen LogP contribution in [0.15, 0.2) is 48.5 Å². The molecule has 0 spiro atoms. The number of nitrogens with zero attached hydrogens (tertiary/aromatic N) is 4. The van der Waals surface area contributed by atoms with Crippen LogP contribution in [0.4, 0.5) is 19.0 Å². The van der Waals surface area contributed by atoms with Crippen molar-refractivity contribution in [3.63, 3.8) is 0 Å². The number of piperazine rings is 1. The van der Waals surface area contributed by atoms with Gasteiger partial charge >= 0.3 is 6.01 Å². The Bertz CT molecular complexity index is 1720. The number of hydrogen-bond donors (Lipinski definition) is 2. The number of piperidine rings is 1. The number of rotatable bonds is 7. The first-order valence-corrected chi connectivity index (χ1v) is 15.7. The highest BCUT2D eigenvalue weighted by Crippen LogP contribution is 2.47. The fraction of sp³-hybridized carbons (Fsp3) is 0.471. The number of likely N-dealkylation sites (tertiary alicyclic amines) is 1. The number of phenolic OH excluding ortho intramolecular Hbond substituents is 1. The topological polar surface area (TPSA) is 73.8 Å². The molecule has 8 rings (SSSR count). The summed E-state index contributed by atoms with van der Waals surface area (Å²) in [5.74, 6) is -2.33. The van der Waals surface area contributed by atoms with Gasteiger partial charge in [0.2, 0.25) is 0 Å². The van der Waals surface area contributed by atoms with Crippen molar-refractivity contribution in [2.75, 3.05) is 44.2 Å². The Morgan fingerprint density at radius 2 is 1.66 bits per heavy atom. The molecule has 4 aliphatic rings. The SMILES string of the molecule is Oc1cc(-c2ccc3c(N4CC5CCC(C4)N5)nc(OCC4(CN5CCC(F)(F)CC5)CC4)nc3c2F)c2ccccc2c1. The number of aromatic nitrogens is 2. The van der Waals surface area contributed by atoms with Crippen LogP contribution in [0.25, 0.3) is 32.8 Å². The van der Waals surface area contributed by atoms with E-state index in [1.165, 1.54) is 0 Å². The second-order valence-corrected chi connectivity index (χ2v) is 13.3. The molecule has 2 unspecified atom stereocenters. The summed E-state index contributed by atoms with van der Waals surface area (Å²) in [5.41, 5.74) is 0.997. The van der Waals surface area contributed by atoms with Crippen molar-refractivity contribution in [1.29, 1.82) is 0 Å². The van der Waals surface area contributed by atoms with Crippen LogP contribution in [-0.2, 0) is 0 Å². The molecule has 0 radical (unpaired) electrons. The minimum absolute atomic E-state index is 0.0639. The lowest BCUT2D eigenvalue weighted by Crippen LogP contribution is -2.51. The molecule has 4 fully saturated rings. The van der Waals surface area contributed by atoms with Gasteiger partial charge in [0, 0.05) is 74.0 Å². The van der Waals surface area contributed by atoms with Crippen molar-refractivity contribution in [2.24, 2.45) is 5.41 Å². The van der Waals surface area contributed by atoms with E-state index in [1.54, 1.807) is 18.2 Å². The van der Waals surface area contributed by atoms with E-state index in [2.05, 4.69) is 20.1 Å². The van der Waals surface area contributed by atoms with Crippen molar-refractivity contribution >= 4 is 27.5 Å². The quantitative estimate of drug-likeness (QED) is 0.264. The maximum absolute atomic E-state index is 16.6. The van der Waals surface area contributed by atoms with Gasteiger partial charge in [0.15, 0.2) is 5.82 Å². The largest absolute Gasteiger partial charge is 0.508 e. The highest BCUT2D eigenvalue weighted by atomic mass is 19.3. The minimum Gasteiger partial charge on any atom is -0.508 e. The molecule has 10 heteroatoms. The van der Waals surface area contributed by atoms with Crippen LogP contribution in [0.5, 0.6) is 11.8 Å². The van der Waals surface area contributed by atoms with Gasteiger partial charge in [0.1, 0.15) is 17.1 Å². The van der Waals surface area contributed by atoms with Gasteiger partial charge in [-0.3, -0.25) is 0 Å². The van der Waals surface area contributed by atoms with Gasteiger partial charge in [-0.1, -0.05) is 30.3 Å². The lowest BCUT2D eigenvalue weighted by molar-refractivity contribution is -0.0591. The molecule has 2 atom stereocenters. The summed E-state index contributed by atoms with van der Waals surface area (Å²) in [5, 5.41) is 16.4. The number of benzene rings is 3. The third kappa shape index (κ3) is 5.21. The molecule has 3 aromatic carbocycles. The van der Waals surface area contributed by atoms with Crippen molar-refractivity contribution in [2.45, 2.75) is 56.5 Å². The summed E-state index contributed by atoms with van der Waals surface area (Å²) in [4.78, 5) is 13.8. The van der Waals surface area contributed by atoms with Crippen LogP contribution in [0.3, 0.4) is 0 Å². The zero-order valence-electron chi connectivity index (χ0n) is 24.5. The fourth-order valence-corrected chi connectivity index (χ4v) is 7.38. The zero-order valence-corrected chi connectivity index (χ0v) is 24.5. The average molecular weight is 604 g/mol. The molecule has 0 amide bonds. The molecule has 1 aliphatic carbocycles. The molecule has 44 heavy (non-hydrogen) atoms. The summed E-state index contributed by atoms with van der Waals surface area (Å²) in [6, 6.07) is 15.3. The predicted molar refractivity (Wildman–Crippen MR) is 164 cm³/mol. The Morgan fingerprint density at radius 3 is 2.41 bits per heavy atom. The number of phenols is 1. The van der Waals surface area contributed by atoms with E-state index in [0.29, 0.717) is 60.7 Å². The van der Waals surface area contributed by atoms with E-state index in [-0.39, 0.29) is 35.5 Å². The van der Waals surface area contributed by atoms with Crippen molar-refractivity contribution in [3.8, 4) is 22.9 Å². The normalized spacial score (nSPS) is 24.2. The second-order valence-electron chi connectivity index (χ2n) is 13.3. The minimum atomic E-state index is -2.57. The molecule has 4 aromatic rings. The molecule has 1 saturated carbocycles. The summed E-state index contributed by atoms with van der Waals surface area (Å²) in [6.07, 6.45) is 3.88. The number of hydrogen-bond acceptors (Lipinski definition) is 7. The van der Waals surface area contributed by atoms with Crippen LogP contribution < -0.4 is 15.0 Å². The van der Waals surface area contributed by atoms with E-state index < -0.39 is 11.7 Å². The molecule has 4 heterocycles. The predicted octanol–water partition coefficient (Wildman–Crippen LogP) is 6.13. The van der Waals surface area contributed by atoms with E-state index in [1.807, 2.05) is 30.3 Å². The number of halogens is 3. The number of aromatic hydroxyl groups is 1. The highest BCUT2D eigenvalue weighted by molar-refractivity contribution is 6.01. The van der Waals surface area contributed by atoms with Gasteiger partial charge in [0.25, 0.3) is 5.92 Å².